The highest BCUT2D eigenvalue weighted by Gasteiger charge is 2.30. The third-order valence-corrected chi connectivity index (χ3v) is 7.23. The van der Waals surface area contributed by atoms with Crippen molar-refractivity contribution in [2.45, 2.75) is 84.5 Å². The number of amides is 2. The molecule has 2 amide bonds. The molecule has 2 aromatic rings. The Morgan fingerprint density at radius 2 is 1.65 bits per heavy atom. The van der Waals surface area contributed by atoms with Crippen LogP contribution >= 0.6 is 11.6 Å². The van der Waals surface area contributed by atoms with Crippen molar-refractivity contribution in [3.8, 4) is 5.75 Å². The third-order valence-electron chi connectivity index (χ3n) is 6.92. The van der Waals surface area contributed by atoms with E-state index in [1.807, 2.05) is 33.8 Å². The summed E-state index contributed by atoms with van der Waals surface area (Å²) in [4.78, 5) is 42.6. The maximum Gasteiger partial charge on any atom is 0.412 e. The number of carbonyl (C=O) groups is 2. The summed E-state index contributed by atoms with van der Waals surface area (Å²) >= 11 is 6.57. The number of rotatable bonds is 6. The second-order valence-corrected chi connectivity index (χ2v) is 13.1. The van der Waals surface area contributed by atoms with Crippen LogP contribution in [-0.4, -0.2) is 82.6 Å². The molecule has 12 nitrogen and oxygen atoms in total. The summed E-state index contributed by atoms with van der Waals surface area (Å²) in [6.07, 6.45) is 2.94. The van der Waals surface area contributed by atoms with Gasteiger partial charge < -0.3 is 28.7 Å². The van der Waals surface area contributed by atoms with Gasteiger partial charge in [0.15, 0.2) is 5.75 Å². The van der Waals surface area contributed by atoms with Crippen LogP contribution in [0.15, 0.2) is 18.6 Å². The van der Waals surface area contributed by atoms with Crippen LogP contribution in [0.3, 0.4) is 0 Å². The molecule has 43 heavy (non-hydrogen) atoms. The average Bonchev–Trinajstić information content (AvgIpc) is 2.92. The van der Waals surface area contributed by atoms with E-state index in [-0.39, 0.29) is 17.2 Å². The van der Waals surface area contributed by atoms with Crippen molar-refractivity contribution in [2.24, 2.45) is 0 Å². The SMILES string of the molecule is CC(Oc1cnc(C2CCN(C(=O)OC(C)(C)C)CC2)cc1NC(=O)OC(C)(C)C)c1c(Cl)ncnc1N1CCOCC1. The van der Waals surface area contributed by atoms with E-state index in [4.69, 9.17) is 35.5 Å². The molecule has 1 unspecified atom stereocenters. The first-order valence-corrected chi connectivity index (χ1v) is 15.1. The van der Waals surface area contributed by atoms with Crippen molar-refractivity contribution < 1.29 is 28.5 Å². The molecule has 1 N–H and O–H groups in total. The number of ether oxygens (including phenoxy) is 4. The van der Waals surface area contributed by atoms with E-state index in [0.29, 0.717) is 75.1 Å². The van der Waals surface area contributed by atoms with Crippen LogP contribution in [0, 0.1) is 0 Å². The van der Waals surface area contributed by atoms with Crippen molar-refractivity contribution >= 4 is 35.3 Å². The zero-order valence-electron chi connectivity index (χ0n) is 26.1. The highest BCUT2D eigenvalue weighted by Crippen LogP contribution is 2.37. The molecule has 2 saturated heterocycles. The summed E-state index contributed by atoms with van der Waals surface area (Å²) in [6.45, 7) is 16.4. The number of hydrogen-bond donors (Lipinski definition) is 1. The molecular formula is C30H43ClN6O6. The molecule has 2 aliphatic rings. The fraction of sp³-hybridized carbons (Fsp3) is 0.633. The Labute approximate surface area is 258 Å². The Hall–Kier alpha value is -3.38. The number of anilines is 2. The third kappa shape index (κ3) is 9.06. The Balaban J connectivity index is 1.56. The Kier molecular flexibility index (Phi) is 10.2. The molecule has 0 spiro atoms. The zero-order chi connectivity index (χ0) is 31.4. The number of aromatic nitrogens is 3. The summed E-state index contributed by atoms with van der Waals surface area (Å²) < 4.78 is 22.9. The highest BCUT2D eigenvalue weighted by atomic mass is 35.5. The van der Waals surface area contributed by atoms with Gasteiger partial charge in [0.25, 0.3) is 0 Å². The molecule has 2 aromatic heterocycles. The molecule has 0 bridgehead atoms. The summed E-state index contributed by atoms with van der Waals surface area (Å²) in [7, 11) is 0. The maximum absolute atomic E-state index is 12.8. The van der Waals surface area contributed by atoms with Crippen molar-refractivity contribution in [1.29, 1.82) is 0 Å². The number of carbonyl (C=O) groups excluding carboxylic acids is 2. The lowest BCUT2D eigenvalue weighted by Gasteiger charge is -2.33. The van der Waals surface area contributed by atoms with E-state index in [1.165, 1.54) is 6.33 Å². The van der Waals surface area contributed by atoms with E-state index < -0.39 is 23.4 Å². The smallest absolute Gasteiger partial charge is 0.412 e. The Morgan fingerprint density at radius 3 is 2.28 bits per heavy atom. The average molecular weight is 619 g/mol. The number of nitrogens with one attached hydrogen (secondary N) is 1. The van der Waals surface area contributed by atoms with Crippen molar-refractivity contribution in [3.05, 3.63) is 35.0 Å². The fourth-order valence-electron chi connectivity index (χ4n) is 4.96. The van der Waals surface area contributed by atoms with Gasteiger partial charge in [0.05, 0.1) is 30.7 Å². The molecular weight excluding hydrogens is 576 g/mol. The van der Waals surface area contributed by atoms with Crippen LogP contribution in [0.25, 0.3) is 0 Å². The maximum atomic E-state index is 12.8. The van der Waals surface area contributed by atoms with Crippen molar-refractivity contribution in [2.75, 3.05) is 49.6 Å². The standard InChI is InChI=1S/C30H43ClN6O6/c1-19(24-25(31)33-18-34-26(24)36-12-14-40-15-13-36)41-23-17-32-21(16-22(23)35-27(38)42-29(2,3)4)20-8-10-37(11-9-20)28(39)43-30(5,6)7/h16-20H,8-15H2,1-7H3,(H,32,35,38). The van der Waals surface area contributed by atoms with Crippen LogP contribution in [0.2, 0.25) is 5.15 Å². The molecule has 13 heteroatoms. The van der Waals surface area contributed by atoms with Gasteiger partial charge in [-0.05, 0) is 67.4 Å². The molecule has 0 aromatic carbocycles. The van der Waals surface area contributed by atoms with Crippen LogP contribution in [-0.2, 0) is 14.2 Å². The topological polar surface area (TPSA) is 128 Å². The minimum Gasteiger partial charge on any atom is -0.482 e. The number of halogens is 1. The largest absolute Gasteiger partial charge is 0.482 e. The van der Waals surface area contributed by atoms with Crippen LogP contribution in [0.1, 0.15) is 84.6 Å². The number of piperidine rings is 1. The minimum atomic E-state index is -0.690. The van der Waals surface area contributed by atoms with Gasteiger partial charge in [-0.2, -0.15) is 0 Å². The van der Waals surface area contributed by atoms with E-state index in [9.17, 15) is 9.59 Å². The molecule has 1 atom stereocenters. The lowest BCUT2D eigenvalue weighted by Crippen LogP contribution is -2.41. The number of hydrogen-bond acceptors (Lipinski definition) is 10. The first kappa shape index (κ1) is 32.5. The number of nitrogens with zero attached hydrogens (tertiary/aromatic N) is 5. The van der Waals surface area contributed by atoms with Gasteiger partial charge in [-0.25, -0.2) is 19.6 Å². The fourth-order valence-corrected chi connectivity index (χ4v) is 5.25. The molecule has 2 aliphatic heterocycles. The van der Waals surface area contributed by atoms with Gasteiger partial charge in [0.1, 0.15) is 34.6 Å². The monoisotopic (exact) mass is 618 g/mol. The zero-order valence-corrected chi connectivity index (χ0v) is 26.9. The normalized spacial score (nSPS) is 17.3. The van der Waals surface area contributed by atoms with E-state index >= 15 is 0 Å². The van der Waals surface area contributed by atoms with E-state index in [1.54, 1.807) is 31.9 Å². The molecule has 0 saturated carbocycles. The Bertz CT molecular complexity index is 1280. The Morgan fingerprint density at radius 1 is 1.00 bits per heavy atom. The second kappa shape index (κ2) is 13.5. The molecule has 0 radical (unpaired) electrons. The number of morpholine rings is 1. The summed E-state index contributed by atoms with van der Waals surface area (Å²) in [5.41, 5.74) is 0.591. The quantitative estimate of drug-likeness (QED) is 0.387. The predicted octanol–water partition coefficient (Wildman–Crippen LogP) is 5.96. The molecule has 4 rings (SSSR count). The molecule has 2 fully saturated rings. The number of likely N-dealkylation sites (tertiary alicyclic amines) is 1. The van der Waals surface area contributed by atoms with Gasteiger partial charge in [0, 0.05) is 37.8 Å². The predicted molar refractivity (Wildman–Crippen MR) is 163 cm³/mol. The van der Waals surface area contributed by atoms with Crippen molar-refractivity contribution in [1.82, 2.24) is 19.9 Å². The molecule has 4 heterocycles. The van der Waals surface area contributed by atoms with Crippen molar-refractivity contribution in [3.63, 3.8) is 0 Å². The second-order valence-electron chi connectivity index (χ2n) is 12.7. The van der Waals surface area contributed by atoms with Gasteiger partial charge in [0.2, 0.25) is 0 Å². The first-order chi connectivity index (χ1) is 20.2. The first-order valence-electron chi connectivity index (χ1n) is 14.7. The van der Waals surface area contributed by atoms with Gasteiger partial charge in [-0.3, -0.25) is 10.3 Å². The van der Waals surface area contributed by atoms with Gasteiger partial charge >= 0.3 is 12.2 Å². The van der Waals surface area contributed by atoms with Crippen LogP contribution < -0.4 is 15.0 Å². The number of pyridine rings is 1. The highest BCUT2D eigenvalue weighted by molar-refractivity contribution is 6.30. The van der Waals surface area contributed by atoms with Gasteiger partial charge in [-0.1, -0.05) is 11.6 Å². The van der Waals surface area contributed by atoms with E-state index in [2.05, 4.69) is 20.2 Å². The molecule has 0 aliphatic carbocycles. The lowest BCUT2D eigenvalue weighted by molar-refractivity contribution is 0.0203. The minimum absolute atomic E-state index is 0.0780. The van der Waals surface area contributed by atoms with E-state index in [0.717, 1.165) is 5.69 Å². The molecule has 236 valence electrons. The van der Waals surface area contributed by atoms with Crippen LogP contribution in [0.5, 0.6) is 5.75 Å². The summed E-state index contributed by atoms with van der Waals surface area (Å²) in [5.74, 6) is 1.11. The van der Waals surface area contributed by atoms with Gasteiger partial charge in [-0.15, -0.1) is 0 Å². The summed E-state index contributed by atoms with van der Waals surface area (Å²) in [5, 5.41) is 3.13. The lowest BCUT2D eigenvalue weighted by atomic mass is 9.93. The van der Waals surface area contributed by atoms with Crippen LogP contribution in [0.4, 0.5) is 21.1 Å². The summed E-state index contributed by atoms with van der Waals surface area (Å²) in [6, 6.07) is 1.81.